The summed E-state index contributed by atoms with van der Waals surface area (Å²) in [4.78, 5) is 6.89. The Kier molecular flexibility index (Phi) is 4.81. The number of aromatic nitrogens is 2. The van der Waals surface area contributed by atoms with Gasteiger partial charge in [-0.15, -0.1) is 0 Å². The molecule has 1 unspecified atom stereocenters. The highest BCUT2D eigenvalue weighted by atomic mass is 35.5. The zero-order valence-electron chi connectivity index (χ0n) is 12.7. The molecule has 2 heterocycles. The number of H-pyrrole nitrogens is 1. The molecule has 0 saturated heterocycles. The highest BCUT2D eigenvalue weighted by Crippen LogP contribution is 2.29. The maximum Gasteiger partial charge on any atom is 0.243 e. The molecule has 8 heteroatoms. The number of aromatic amines is 1. The Labute approximate surface area is 135 Å². The number of halogens is 1. The topological polar surface area (TPSA) is 95.1 Å². The number of hydrogen-bond donors (Lipinski definition) is 3. The van der Waals surface area contributed by atoms with Gasteiger partial charge in [0.1, 0.15) is 10.5 Å². The second-order valence-corrected chi connectivity index (χ2v) is 8.52. The first kappa shape index (κ1) is 17.2. The van der Waals surface area contributed by atoms with Gasteiger partial charge in [-0.25, -0.2) is 18.1 Å². The molecule has 0 aliphatic heterocycles. The number of rotatable bonds is 5. The fraction of sp³-hybridized carbons (Fsp3) is 0.500. The Balaban J connectivity index is 2.37. The molecule has 0 radical (unpaired) electrons. The van der Waals surface area contributed by atoms with Crippen molar-refractivity contribution in [3.05, 3.63) is 23.5 Å². The molecule has 0 bridgehead atoms. The molecule has 2 rings (SSSR count). The summed E-state index contributed by atoms with van der Waals surface area (Å²) < 4.78 is 27.7. The normalized spacial score (nSPS) is 14.4. The van der Waals surface area contributed by atoms with E-state index in [0.717, 1.165) is 0 Å². The van der Waals surface area contributed by atoms with E-state index in [9.17, 15) is 13.5 Å². The first-order chi connectivity index (χ1) is 10.1. The van der Waals surface area contributed by atoms with Crippen molar-refractivity contribution in [1.29, 1.82) is 0 Å². The van der Waals surface area contributed by atoms with E-state index in [0.29, 0.717) is 22.5 Å². The SMILES string of the molecule is CC(C)(C)CC(CO)NS(=O)(=O)c1c[nH]c2nccc(Cl)c12. The Morgan fingerprint density at radius 1 is 1.45 bits per heavy atom. The van der Waals surface area contributed by atoms with Gasteiger partial charge in [0.05, 0.1) is 17.0 Å². The summed E-state index contributed by atoms with van der Waals surface area (Å²) in [5.74, 6) is 0. The zero-order chi connectivity index (χ0) is 16.5. The van der Waals surface area contributed by atoms with Gasteiger partial charge in [0.25, 0.3) is 0 Å². The van der Waals surface area contributed by atoms with Crippen LogP contribution in [0.5, 0.6) is 0 Å². The van der Waals surface area contributed by atoms with Crippen molar-refractivity contribution in [3.8, 4) is 0 Å². The summed E-state index contributed by atoms with van der Waals surface area (Å²) in [5, 5.41) is 10.1. The summed E-state index contributed by atoms with van der Waals surface area (Å²) in [7, 11) is -3.82. The predicted octanol–water partition coefficient (Wildman–Crippen LogP) is 2.29. The first-order valence-corrected chi connectivity index (χ1v) is 8.75. The lowest BCUT2D eigenvalue weighted by molar-refractivity contribution is 0.214. The van der Waals surface area contributed by atoms with Crippen LogP contribution < -0.4 is 4.72 Å². The van der Waals surface area contributed by atoms with Gasteiger partial charge in [0.2, 0.25) is 10.0 Å². The van der Waals surface area contributed by atoms with Crippen molar-refractivity contribution < 1.29 is 13.5 Å². The van der Waals surface area contributed by atoms with Crippen LogP contribution in [-0.4, -0.2) is 36.1 Å². The largest absolute Gasteiger partial charge is 0.395 e. The van der Waals surface area contributed by atoms with Gasteiger partial charge in [-0.2, -0.15) is 0 Å². The van der Waals surface area contributed by atoms with Crippen molar-refractivity contribution in [3.63, 3.8) is 0 Å². The van der Waals surface area contributed by atoms with Gasteiger partial charge < -0.3 is 10.1 Å². The van der Waals surface area contributed by atoms with Crippen LogP contribution in [0.4, 0.5) is 0 Å². The van der Waals surface area contributed by atoms with E-state index in [1.807, 2.05) is 20.8 Å². The first-order valence-electron chi connectivity index (χ1n) is 6.89. The fourth-order valence-electron chi connectivity index (χ4n) is 2.37. The second-order valence-electron chi connectivity index (χ2n) is 6.43. The molecule has 2 aromatic rings. The van der Waals surface area contributed by atoms with Crippen LogP contribution in [0.2, 0.25) is 5.02 Å². The van der Waals surface area contributed by atoms with E-state index in [1.165, 1.54) is 18.5 Å². The van der Waals surface area contributed by atoms with E-state index >= 15 is 0 Å². The third-order valence-corrected chi connectivity index (χ3v) is 5.04. The van der Waals surface area contributed by atoms with E-state index in [2.05, 4.69) is 14.7 Å². The summed E-state index contributed by atoms with van der Waals surface area (Å²) in [6.45, 7) is 5.67. The maximum absolute atomic E-state index is 12.6. The van der Waals surface area contributed by atoms with Gasteiger partial charge in [0, 0.05) is 18.4 Å². The number of hydrogen-bond acceptors (Lipinski definition) is 4. The molecule has 0 aliphatic rings. The number of nitrogens with zero attached hydrogens (tertiary/aromatic N) is 1. The standard InChI is InChI=1S/C14H20ClN3O3S/c1-14(2,3)6-9(8-19)18-22(20,21)11-7-17-13-12(11)10(15)4-5-16-13/h4-5,7,9,18-19H,6,8H2,1-3H3,(H,16,17). The maximum atomic E-state index is 12.6. The monoisotopic (exact) mass is 345 g/mol. The molecule has 0 saturated carbocycles. The molecule has 0 fully saturated rings. The molecule has 1 atom stereocenters. The lowest BCUT2D eigenvalue weighted by Crippen LogP contribution is -2.39. The van der Waals surface area contributed by atoms with Crippen molar-refractivity contribution in [2.45, 2.75) is 38.1 Å². The van der Waals surface area contributed by atoms with E-state index < -0.39 is 16.1 Å². The van der Waals surface area contributed by atoms with Crippen LogP contribution in [0.25, 0.3) is 11.0 Å². The molecule has 2 aromatic heterocycles. The van der Waals surface area contributed by atoms with Gasteiger partial charge in [0.15, 0.2) is 0 Å². The molecule has 3 N–H and O–H groups in total. The minimum atomic E-state index is -3.82. The Bertz CT molecular complexity index is 765. The quantitative estimate of drug-likeness (QED) is 0.774. The average molecular weight is 346 g/mol. The van der Waals surface area contributed by atoms with Gasteiger partial charge in [-0.1, -0.05) is 32.4 Å². The highest BCUT2D eigenvalue weighted by molar-refractivity contribution is 7.89. The summed E-state index contributed by atoms with van der Waals surface area (Å²) in [6, 6.07) is 0.973. The molecular formula is C14H20ClN3O3S. The van der Waals surface area contributed by atoms with Crippen LogP contribution in [0, 0.1) is 5.41 Å². The van der Waals surface area contributed by atoms with Crippen molar-refractivity contribution >= 4 is 32.7 Å². The second kappa shape index (κ2) is 6.16. The van der Waals surface area contributed by atoms with Crippen molar-refractivity contribution in [2.24, 2.45) is 5.41 Å². The summed E-state index contributed by atoms with van der Waals surface area (Å²) in [5.41, 5.74) is 0.291. The molecule has 0 amide bonds. The highest BCUT2D eigenvalue weighted by Gasteiger charge is 2.27. The van der Waals surface area contributed by atoms with E-state index in [-0.39, 0.29) is 16.9 Å². The minimum Gasteiger partial charge on any atom is -0.395 e. The van der Waals surface area contributed by atoms with Gasteiger partial charge in [-0.05, 0) is 17.9 Å². The van der Waals surface area contributed by atoms with E-state index in [4.69, 9.17) is 11.6 Å². The van der Waals surface area contributed by atoms with Gasteiger partial charge in [-0.3, -0.25) is 0 Å². The molecular weight excluding hydrogens is 326 g/mol. The van der Waals surface area contributed by atoms with Crippen LogP contribution in [-0.2, 0) is 10.0 Å². The molecule has 0 aromatic carbocycles. The minimum absolute atomic E-state index is 0.0351. The van der Waals surface area contributed by atoms with Crippen LogP contribution in [0.1, 0.15) is 27.2 Å². The predicted molar refractivity (Wildman–Crippen MR) is 86.4 cm³/mol. The van der Waals surface area contributed by atoms with Crippen LogP contribution in [0.3, 0.4) is 0 Å². The van der Waals surface area contributed by atoms with Crippen molar-refractivity contribution in [2.75, 3.05) is 6.61 Å². The number of fused-ring (bicyclic) bond motifs is 1. The molecule has 0 spiro atoms. The summed E-state index contributed by atoms with van der Waals surface area (Å²) in [6.07, 6.45) is 3.37. The van der Waals surface area contributed by atoms with E-state index in [1.54, 1.807) is 0 Å². The lowest BCUT2D eigenvalue weighted by Gasteiger charge is -2.25. The number of nitrogens with one attached hydrogen (secondary N) is 2. The third-order valence-electron chi connectivity index (χ3n) is 3.18. The molecule has 122 valence electrons. The van der Waals surface area contributed by atoms with Crippen LogP contribution in [0.15, 0.2) is 23.4 Å². The summed E-state index contributed by atoms with van der Waals surface area (Å²) >= 11 is 6.08. The average Bonchev–Trinajstić information content (AvgIpc) is 2.82. The Morgan fingerprint density at radius 3 is 2.73 bits per heavy atom. The third kappa shape index (κ3) is 3.78. The molecule has 0 aliphatic carbocycles. The number of pyridine rings is 1. The van der Waals surface area contributed by atoms with Crippen molar-refractivity contribution in [1.82, 2.24) is 14.7 Å². The lowest BCUT2D eigenvalue weighted by atomic mass is 9.89. The number of sulfonamides is 1. The smallest absolute Gasteiger partial charge is 0.243 e. The molecule has 22 heavy (non-hydrogen) atoms. The molecule has 6 nitrogen and oxygen atoms in total. The Hall–Kier alpha value is -1.15. The fourth-order valence-corrected chi connectivity index (χ4v) is 4.08. The number of aliphatic hydroxyl groups excluding tert-OH is 1. The number of aliphatic hydroxyl groups is 1. The van der Waals surface area contributed by atoms with Crippen LogP contribution >= 0.6 is 11.6 Å². The zero-order valence-corrected chi connectivity index (χ0v) is 14.3. The Morgan fingerprint density at radius 2 is 2.14 bits per heavy atom. The van der Waals surface area contributed by atoms with Gasteiger partial charge >= 0.3 is 0 Å².